The highest BCUT2D eigenvalue weighted by Gasteiger charge is 2.10. The van der Waals surface area contributed by atoms with Crippen LogP contribution < -0.4 is 16.3 Å². The van der Waals surface area contributed by atoms with Crippen molar-refractivity contribution in [1.82, 2.24) is 30.4 Å². The van der Waals surface area contributed by atoms with Gasteiger partial charge in [-0.05, 0) is 32.0 Å². The number of rotatable bonds is 4. The Balaban J connectivity index is 1.61. The first-order chi connectivity index (χ1) is 12.4. The summed E-state index contributed by atoms with van der Waals surface area (Å²) in [6.07, 6.45) is 1.16. The minimum absolute atomic E-state index is 0.000838. The maximum Gasteiger partial charge on any atom is 0.260 e. The predicted octanol–water partition coefficient (Wildman–Crippen LogP) is 0.0574. The molecular weight excluding hydrogens is 336 g/mol. The number of nitrogens with zero attached hydrogens (tertiary/aromatic N) is 4. The lowest BCUT2D eigenvalue weighted by molar-refractivity contribution is -0.129. The van der Waals surface area contributed by atoms with Gasteiger partial charge in [-0.2, -0.15) is 10.2 Å². The second-order valence-corrected chi connectivity index (χ2v) is 5.86. The van der Waals surface area contributed by atoms with Crippen molar-refractivity contribution in [2.75, 3.05) is 0 Å². The summed E-state index contributed by atoms with van der Waals surface area (Å²) in [6.45, 7) is 3.55. The summed E-state index contributed by atoms with van der Waals surface area (Å²) in [5.74, 6) is -0.865. The fourth-order valence-corrected chi connectivity index (χ4v) is 2.61. The maximum absolute atomic E-state index is 12.1. The van der Waals surface area contributed by atoms with Gasteiger partial charge in [-0.15, -0.1) is 0 Å². The van der Waals surface area contributed by atoms with Crippen LogP contribution in [0.2, 0.25) is 0 Å². The molecule has 0 saturated heterocycles. The Kier molecular flexibility index (Phi) is 4.78. The van der Waals surface area contributed by atoms with Crippen LogP contribution in [0.15, 0.2) is 41.3 Å². The number of carbonyl (C=O) groups excluding carboxylic acids is 2. The van der Waals surface area contributed by atoms with Crippen LogP contribution in [0.3, 0.4) is 0 Å². The summed E-state index contributed by atoms with van der Waals surface area (Å²) in [5, 5.41) is 8.63. The number of carbonyl (C=O) groups is 2. The molecular formula is C17H18N6O3. The Hall–Kier alpha value is -3.49. The molecule has 0 spiro atoms. The summed E-state index contributed by atoms with van der Waals surface area (Å²) in [6, 6.07) is 8.74. The SMILES string of the molecule is Cc1cc(C)n(CC(=O)NNC(=O)Cn2ncc(=O)c3ccccc32)n1. The summed E-state index contributed by atoms with van der Waals surface area (Å²) in [7, 11) is 0. The number of hydrogen-bond acceptors (Lipinski definition) is 5. The van der Waals surface area contributed by atoms with Crippen LogP contribution >= 0.6 is 0 Å². The quantitative estimate of drug-likeness (QED) is 0.644. The fraction of sp³-hybridized carbons (Fsp3) is 0.235. The van der Waals surface area contributed by atoms with Crippen molar-refractivity contribution < 1.29 is 9.59 Å². The zero-order valence-corrected chi connectivity index (χ0v) is 14.4. The van der Waals surface area contributed by atoms with Gasteiger partial charge < -0.3 is 0 Å². The molecule has 0 fully saturated rings. The second-order valence-electron chi connectivity index (χ2n) is 5.86. The third-order valence-corrected chi connectivity index (χ3v) is 3.79. The third kappa shape index (κ3) is 3.77. The highest BCUT2D eigenvalue weighted by molar-refractivity contribution is 5.83. The van der Waals surface area contributed by atoms with Crippen LogP contribution in [-0.2, 0) is 22.7 Å². The second kappa shape index (κ2) is 7.18. The predicted molar refractivity (Wildman–Crippen MR) is 94.0 cm³/mol. The standard InChI is InChI=1S/C17H18N6O3/c1-11-7-12(2)22(21-11)9-16(25)19-20-17(26)10-23-14-6-4-3-5-13(14)15(24)8-18-23/h3-8H,9-10H2,1-2H3,(H,19,25)(H,20,26). The summed E-state index contributed by atoms with van der Waals surface area (Å²) >= 11 is 0. The maximum atomic E-state index is 12.1. The number of hydrogen-bond donors (Lipinski definition) is 2. The monoisotopic (exact) mass is 354 g/mol. The third-order valence-electron chi connectivity index (χ3n) is 3.79. The van der Waals surface area contributed by atoms with Crippen LogP contribution in [0.4, 0.5) is 0 Å². The molecule has 0 aliphatic carbocycles. The van der Waals surface area contributed by atoms with Crippen molar-refractivity contribution in [3.8, 4) is 0 Å². The van der Waals surface area contributed by atoms with E-state index in [0.29, 0.717) is 10.9 Å². The minimum Gasteiger partial charge on any atom is -0.287 e. The van der Waals surface area contributed by atoms with E-state index in [-0.39, 0.29) is 18.5 Å². The normalized spacial score (nSPS) is 10.7. The highest BCUT2D eigenvalue weighted by Crippen LogP contribution is 2.07. The van der Waals surface area contributed by atoms with E-state index in [9.17, 15) is 14.4 Å². The Bertz CT molecular complexity index is 1040. The van der Waals surface area contributed by atoms with Gasteiger partial charge in [-0.3, -0.25) is 34.6 Å². The lowest BCUT2D eigenvalue weighted by atomic mass is 10.2. The highest BCUT2D eigenvalue weighted by atomic mass is 16.2. The first-order valence-electron chi connectivity index (χ1n) is 7.97. The number of amides is 2. The zero-order chi connectivity index (χ0) is 18.7. The average Bonchev–Trinajstić information content (AvgIpc) is 2.93. The molecule has 2 N–H and O–H groups in total. The molecule has 0 radical (unpaired) electrons. The molecule has 0 unspecified atom stereocenters. The number of nitrogens with one attached hydrogen (secondary N) is 2. The smallest absolute Gasteiger partial charge is 0.260 e. The molecule has 3 aromatic rings. The van der Waals surface area contributed by atoms with Crippen molar-refractivity contribution in [3.05, 3.63) is 58.1 Å². The van der Waals surface area contributed by atoms with E-state index >= 15 is 0 Å². The van der Waals surface area contributed by atoms with Crippen molar-refractivity contribution in [2.24, 2.45) is 0 Å². The van der Waals surface area contributed by atoms with E-state index in [1.165, 1.54) is 4.68 Å². The van der Waals surface area contributed by atoms with Gasteiger partial charge in [0.05, 0.1) is 17.4 Å². The van der Waals surface area contributed by atoms with E-state index in [1.807, 2.05) is 19.9 Å². The number of fused-ring (bicyclic) bond motifs is 1. The molecule has 2 aromatic heterocycles. The van der Waals surface area contributed by atoms with Crippen LogP contribution in [0.1, 0.15) is 11.4 Å². The molecule has 2 heterocycles. The van der Waals surface area contributed by atoms with E-state index in [2.05, 4.69) is 21.0 Å². The number of hydrazine groups is 1. The Morgan fingerprint density at radius 3 is 2.35 bits per heavy atom. The molecule has 26 heavy (non-hydrogen) atoms. The first-order valence-corrected chi connectivity index (χ1v) is 7.97. The van der Waals surface area contributed by atoms with Gasteiger partial charge in [0.15, 0.2) is 0 Å². The first kappa shape index (κ1) is 17.3. The van der Waals surface area contributed by atoms with Gasteiger partial charge in [0.25, 0.3) is 11.8 Å². The van der Waals surface area contributed by atoms with Gasteiger partial charge in [-0.25, -0.2) is 0 Å². The van der Waals surface area contributed by atoms with Gasteiger partial charge in [0, 0.05) is 11.1 Å². The van der Waals surface area contributed by atoms with Crippen molar-refractivity contribution in [1.29, 1.82) is 0 Å². The van der Waals surface area contributed by atoms with Crippen LogP contribution in [0, 0.1) is 13.8 Å². The lowest BCUT2D eigenvalue weighted by Crippen LogP contribution is -2.44. The molecule has 0 atom stereocenters. The van der Waals surface area contributed by atoms with Gasteiger partial charge >= 0.3 is 0 Å². The summed E-state index contributed by atoms with van der Waals surface area (Å²) in [4.78, 5) is 35.8. The van der Waals surface area contributed by atoms with E-state index in [0.717, 1.165) is 17.6 Å². The molecule has 3 rings (SSSR count). The van der Waals surface area contributed by atoms with E-state index in [4.69, 9.17) is 0 Å². The minimum atomic E-state index is -0.465. The van der Waals surface area contributed by atoms with Gasteiger partial charge in [-0.1, -0.05) is 12.1 Å². The van der Waals surface area contributed by atoms with Crippen molar-refractivity contribution in [2.45, 2.75) is 26.9 Å². The topological polar surface area (TPSA) is 111 Å². The van der Waals surface area contributed by atoms with Gasteiger partial charge in [0.1, 0.15) is 13.1 Å². The van der Waals surface area contributed by atoms with Crippen molar-refractivity contribution >= 4 is 22.7 Å². The number of para-hydroxylation sites is 1. The van der Waals surface area contributed by atoms with Crippen molar-refractivity contribution in [3.63, 3.8) is 0 Å². The lowest BCUT2D eigenvalue weighted by Gasteiger charge is -2.11. The number of aromatic nitrogens is 4. The van der Waals surface area contributed by atoms with Crippen LogP contribution in [0.5, 0.6) is 0 Å². The average molecular weight is 354 g/mol. The Morgan fingerprint density at radius 1 is 1.04 bits per heavy atom. The molecule has 0 aliphatic rings. The zero-order valence-electron chi connectivity index (χ0n) is 14.4. The summed E-state index contributed by atoms with van der Waals surface area (Å²) < 4.78 is 2.95. The Labute approximate surface area is 148 Å². The molecule has 134 valence electrons. The van der Waals surface area contributed by atoms with E-state index < -0.39 is 11.8 Å². The number of benzene rings is 1. The molecule has 0 bridgehead atoms. The molecule has 2 amide bonds. The summed E-state index contributed by atoms with van der Waals surface area (Å²) in [5.41, 5.74) is 6.69. The Morgan fingerprint density at radius 2 is 1.69 bits per heavy atom. The number of aryl methyl sites for hydroxylation is 2. The van der Waals surface area contributed by atoms with Crippen LogP contribution in [0.25, 0.3) is 10.9 Å². The van der Waals surface area contributed by atoms with Crippen LogP contribution in [-0.4, -0.2) is 31.4 Å². The molecule has 1 aromatic carbocycles. The molecule has 9 heteroatoms. The molecule has 0 aliphatic heterocycles. The molecule has 9 nitrogen and oxygen atoms in total. The van der Waals surface area contributed by atoms with E-state index in [1.54, 1.807) is 28.9 Å². The largest absolute Gasteiger partial charge is 0.287 e. The molecule has 0 saturated carbocycles. The van der Waals surface area contributed by atoms with Gasteiger partial charge in [0.2, 0.25) is 5.43 Å². The fourth-order valence-electron chi connectivity index (χ4n) is 2.61.